The number of hydrogen-bond donors (Lipinski definition) is 2. The summed E-state index contributed by atoms with van der Waals surface area (Å²) in [5.74, 6) is 0.778. The normalized spacial score (nSPS) is 12.1. The Morgan fingerprint density at radius 2 is 2.00 bits per heavy atom. The van der Waals surface area contributed by atoms with Crippen LogP contribution in [0, 0.1) is 6.92 Å². The van der Waals surface area contributed by atoms with Crippen molar-refractivity contribution in [2.24, 2.45) is 0 Å². The molecule has 17 heavy (non-hydrogen) atoms. The zero-order valence-electron chi connectivity index (χ0n) is 10.9. The summed E-state index contributed by atoms with van der Waals surface area (Å²) in [4.78, 5) is 0. The molecule has 1 aromatic carbocycles. The van der Waals surface area contributed by atoms with Crippen LogP contribution in [0.3, 0.4) is 0 Å². The van der Waals surface area contributed by atoms with Crippen LogP contribution < -0.4 is 10.1 Å². The fraction of sp³-hybridized carbons (Fsp3) is 0.538. The molecule has 0 heterocycles. The Hall–Kier alpha value is -0.770. The molecule has 0 bridgehead atoms. The SMILES string of the molecule is COc1c(C)cccc1C(O)CNC(C)C.Cl. The molecule has 0 saturated heterocycles. The zero-order valence-corrected chi connectivity index (χ0v) is 11.7. The average Bonchev–Trinajstić information content (AvgIpc) is 2.25. The van der Waals surface area contributed by atoms with E-state index >= 15 is 0 Å². The van der Waals surface area contributed by atoms with Crippen LogP contribution in [0.25, 0.3) is 0 Å². The molecule has 0 aromatic heterocycles. The number of aliphatic hydroxyl groups excluding tert-OH is 1. The van der Waals surface area contributed by atoms with Crippen molar-refractivity contribution >= 4 is 12.4 Å². The first kappa shape index (κ1) is 16.2. The highest BCUT2D eigenvalue weighted by molar-refractivity contribution is 5.85. The van der Waals surface area contributed by atoms with Crippen molar-refractivity contribution in [2.45, 2.75) is 32.9 Å². The molecule has 0 radical (unpaired) electrons. The lowest BCUT2D eigenvalue weighted by atomic mass is 10.0. The predicted octanol–water partition coefficient (Wildman–Crippen LogP) is 2.46. The molecule has 4 heteroatoms. The fourth-order valence-electron chi connectivity index (χ4n) is 1.67. The third kappa shape index (κ3) is 4.54. The maximum absolute atomic E-state index is 10.1. The summed E-state index contributed by atoms with van der Waals surface area (Å²) in [6.07, 6.45) is -0.530. The van der Waals surface area contributed by atoms with Crippen molar-refractivity contribution in [2.75, 3.05) is 13.7 Å². The van der Waals surface area contributed by atoms with Crippen molar-refractivity contribution in [1.29, 1.82) is 0 Å². The minimum Gasteiger partial charge on any atom is -0.496 e. The molecule has 1 unspecified atom stereocenters. The highest BCUT2D eigenvalue weighted by atomic mass is 35.5. The van der Waals surface area contributed by atoms with Gasteiger partial charge in [-0.1, -0.05) is 32.0 Å². The standard InChI is InChI=1S/C13H21NO2.ClH/c1-9(2)14-8-12(15)11-7-5-6-10(3)13(11)16-4;/h5-7,9,12,14-15H,8H2,1-4H3;1H. The number of halogens is 1. The lowest BCUT2D eigenvalue weighted by Gasteiger charge is -2.18. The van der Waals surface area contributed by atoms with Crippen LogP contribution >= 0.6 is 12.4 Å². The molecule has 0 spiro atoms. The minimum absolute atomic E-state index is 0. The van der Waals surface area contributed by atoms with Gasteiger partial charge in [-0.05, 0) is 12.5 Å². The van der Waals surface area contributed by atoms with Crippen molar-refractivity contribution in [3.8, 4) is 5.75 Å². The van der Waals surface area contributed by atoms with Gasteiger partial charge in [0, 0.05) is 18.2 Å². The maximum Gasteiger partial charge on any atom is 0.127 e. The number of aliphatic hydroxyl groups is 1. The van der Waals surface area contributed by atoms with Crippen molar-refractivity contribution in [3.63, 3.8) is 0 Å². The number of aryl methyl sites for hydroxylation is 1. The first-order valence-corrected chi connectivity index (χ1v) is 5.61. The van der Waals surface area contributed by atoms with E-state index in [-0.39, 0.29) is 12.4 Å². The number of hydrogen-bond acceptors (Lipinski definition) is 3. The van der Waals surface area contributed by atoms with E-state index in [1.165, 1.54) is 0 Å². The van der Waals surface area contributed by atoms with E-state index in [2.05, 4.69) is 19.2 Å². The van der Waals surface area contributed by atoms with Crippen LogP contribution in [-0.2, 0) is 0 Å². The van der Waals surface area contributed by atoms with Crippen LogP contribution in [0.5, 0.6) is 5.75 Å². The highest BCUT2D eigenvalue weighted by Gasteiger charge is 2.14. The van der Waals surface area contributed by atoms with Crippen molar-refractivity contribution in [3.05, 3.63) is 29.3 Å². The van der Waals surface area contributed by atoms with Crippen LogP contribution in [-0.4, -0.2) is 24.8 Å². The summed E-state index contributed by atoms with van der Waals surface area (Å²) in [6.45, 7) is 6.63. The van der Waals surface area contributed by atoms with Crippen LogP contribution in [0.15, 0.2) is 18.2 Å². The molecule has 0 saturated carbocycles. The molecule has 1 aromatic rings. The van der Waals surface area contributed by atoms with E-state index in [1.807, 2.05) is 25.1 Å². The molecular weight excluding hydrogens is 238 g/mol. The average molecular weight is 260 g/mol. The summed E-state index contributed by atoms with van der Waals surface area (Å²) in [5, 5.41) is 13.3. The Bertz CT molecular complexity index is 342. The van der Waals surface area contributed by atoms with E-state index in [0.29, 0.717) is 12.6 Å². The number of rotatable bonds is 5. The van der Waals surface area contributed by atoms with E-state index in [9.17, 15) is 5.11 Å². The summed E-state index contributed by atoms with van der Waals surface area (Å²) in [5.41, 5.74) is 1.89. The Morgan fingerprint density at radius 3 is 2.53 bits per heavy atom. The van der Waals surface area contributed by atoms with E-state index in [4.69, 9.17) is 4.74 Å². The fourth-order valence-corrected chi connectivity index (χ4v) is 1.67. The minimum atomic E-state index is -0.530. The summed E-state index contributed by atoms with van der Waals surface area (Å²) in [7, 11) is 1.63. The lowest BCUT2D eigenvalue weighted by molar-refractivity contribution is 0.167. The molecule has 98 valence electrons. The Kier molecular flexibility index (Phi) is 7.19. The van der Waals surface area contributed by atoms with Gasteiger partial charge >= 0.3 is 0 Å². The van der Waals surface area contributed by atoms with Gasteiger partial charge in [-0.15, -0.1) is 12.4 Å². The molecule has 1 rings (SSSR count). The molecule has 0 aliphatic heterocycles. The van der Waals surface area contributed by atoms with Crippen molar-refractivity contribution < 1.29 is 9.84 Å². The van der Waals surface area contributed by atoms with Gasteiger partial charge in [-0.25, -0.2) is 0 Å². The molecule has 0 aliphatic rings. The summed E-state index contributed by atoms with van der Waals surface area (Å²) in [6, 6.07) is 6.18. The third-order valence-electron chi connectivity index (χ3n) is 2.52. The number of methoxy groups -OCH3 is 1. The van der Waals surface area contributed by atoms with Crippen LogP contribution in [0.4, 0.5) is 0 Å². The molecule has 1 atom stereocenters. The predicted molar refractivity (Wildman–Crippen MR) is 73.1 cm³/mol. The van der Waals surface area contributed by atoms with Gasteiger partial charge in [0.05, 0.1) is 13.2 Å². The molecule has 2 N–H and O–H groups in total. The first-order chi connectivity index (χ1) is 7.56. The van der Waals surface area contributed by atoms with E-state index in [1.54, 1.807) is 7.11 Å². The maximum atomic E-state index is 10.1. The highest BCUT2D eigenvalue weighted by Crippen LogP contribution is 2.28. The van der Waals surface area contributed by atoms with Crippen LogP contribution in [0.2, 0.25) is 0 Å². The third-order valence-corrected chi connectivity index (χ3v) is 2.52. The molecule has 0 amide bonds. The van der Waals surface area contributed by atoms with Gasteiger partial charge in [0.1, 0.15) is 5.75 Å². The zero-order chi connectivity index (χ0) is 12.1. The first-order valence-electron chi connectivity index (χ1n) is 5.61. The van der Waals surface area contributed by atoms with Gasteiger partial charge < -0.3 is 15.2 Å². The van der Waals surface area contributed by atoms with Gasteiger partial charge in [0.15, 0.2) is 0 Å². The molecule has 0 fully saturated rings. The Balaban J connectivity index is 0.00000256. The van der Waals surface area contributed by atoms with Gasteiger partial charge in [0.2, 0.25) is 0 Å². The van der Waals surface area contributed by atoms with E-state index < -0.39 is 6.10 Å². The van der Waals surface area contributed by atoms with Crippen LogP contribution in [0.1, 0.15) is 31.1 Å². The number of benzene rings is 1. The second-order valence-corrected chi connectivity index (χ2v) is 4.28. The molecular formula is C13H22ClNO2. The Morgan fingerprint density at radius 1 is 1.35 bits per heavy atom. The molecule has 3 nitrogen and oxygen atoms in total. The largest absolute Gasteiger partial charge is 0.496 e. The molecule has 0 aliphatic carbocycles. The number of para-hydroxylation sites is 1. The van der Waals surface area contributed by atoms with E-state index in [0.717, 1.165) is 16.9 Å². The second-order valence-electron chi connectivity index (χ2n) is 4.28. The second kappa shape index (κ2) is 7.54. The number of nitrogens with one attached hydrogen (secondary N) is 1. The number of ether oxygens (including phenoxy) is 1. The van der Waals surface area contributed by atoms with Crippen molar-refractivity contribution in [1.82, 2.24) is 5.32 Å². The van der Waals surface area contributed by atoms with Gasteiger partial charge in [-0.2, -0.15) is 0 Å². The quantitative estimate of drug-likeness (QED) is 0.854. The summed E-state index contributed by atoms with van der Waals surface area (Å²) >= 11 is 0. The topological polar surface area (TPSA) is 41.5 Å². The lowest BCUT2D eigenvalue weighted by Crippen LogP contribution is -2.28. The summed E-state index contributed by atoms with van der Waals surface area (Å²) < 4.78 is 5.32. The smallest absolute Gasteiger partial charge is 0.127 e. The Labute approximate surface area is 110 Å². The monoisotopic (exact) mass is 259 g/mol. The van der Waals surface area contributed by atoms with Gasteiger partial charge in [-0.3, -0.25) is 0 Å². The van der Waals surface area contributed by atoms with Gasteiger partial charge in [0.25, 0.3) is 0 Å².